The summed E-state index contributed by atoms with van der Waals surface area (Å²) < 4.78 is 4.98. The minimum absolute atomic E-state index is 0.112. The van der Waals surface area contributed by atoms with Crippen LogP contribution in [-0.4, -0.2) is 41.6 Å². The molecule has 10 heteroatoms. The molecule has 0 bridgehead atoms. The fourth-order valence-corrected chi connectivity index (χ4v) is 2.35. The van der Waals surface area contributed by atoms with Gasteiger partial charge in [-0.2, -0.15) is 0 Å². The topological polar surface area (TPSA) is 123 Å². The van der Waals surface area contributed by atoms with Crippen LogP contribution in [0.2, 0.25) is 0 Å². The molecule has 0 aliphatic carbocycles. The van der Waals surface area contributed by atoms with Gasteiger partial charge >= 0.3 is 5.97 Å². The van der Waals surface area contributed by atoms with E-state index in [1.54, 1.807) is 0 Å². The third kappa shape index (κ3) is 3.81. The van der Waals surface area contributed by atoms with Crippen molar-refractivity contribution in [3.8, 4) is 0 Å². The van der Waals surface area contributed by atoms with Crippen LogP contribution >= 0.6 is 11.5 Å². The Kier molecular flexibility index (Phi) is 4.58. The molecule has 2 heterocycles. The molecule has 2 rings (SSSR count). The first-order valence-electron chi connectivity index (χ1n) is 6.18. The first kappa shape index (κ1) is 15.0. The summed E-state index contributed by atoms with van der Waals surface area (Å²) in [5, 5.41) is 22.7. The van der Waals surface area contributed by atoms with E-state index in [1.807, 2.05) is 13.8 Å². The van der Waals surface area contributed by atoms with Gasteiger partial charge in [-0.15, -0.1) is 10.2 Å². The van der Waals surface area contributed by atoms with Crippen LogP contribution in [0.15, 0.2) is 6.20 Å². The van der Waals surface area contributed by atoms with Gasteiger partial charge < -0.3 is 10.4 Å². The number of hydrogen-bond acceptors (Lipinski definition) is 7. The van der Waals surface area contributed by atoms with Crippen LogP contribution in [0, 0.1) is 0 Å². The fraction of sp³-hybridized carbons (Fsp3) is 0.455. The number of carboxylic acids is 1. The van der Waals surface area contributed by atoms with Crippen molar-refractivity contribution in [2.24, 2.45) is 0 Å². The second kappa shape index (κ2) is 6.39. The van der Waals surface area contributed by atoms with E-state index in [9.17, 15) is 9.59 Å². The highest BCUT2D eigenvalue weighted by Gasteiger charge is 2.18. The molecule has 0 unspecified atom stereocenters. The van der Waals surface area contributed by atoms with Crippen LogP contribution in [-0.2, 0) is 17.9 Å². The molecule has 0 spiro atoms. The van der Waals surface area contributed by atoms with Crippen molar-refractivity contribution in [3.05, 3.63) is 22.5 Å². The number of carbonyl (C=O) groups is 2. The number of carboxylic acid groups (broad SMARTS) is 1. The maximum absolute atomic E-state index is 12.1. The first-order chi connectivity index (χ1) is 9.97. The number of carbonyl (C=O) groups excluding carboxylic acids is 1. The Bertz CT molecular complexity index is 650. The minimum Gasteiger partial charge on any atom is -0.480 e. The Labute approximate surface area is 124 Å². The SMILES string of the molecule is CC(C)c1nnsc1C(=O)NCc1cn(CC(=O)O)nn1. The van der Waals surface area contributed by atoms with Crippen LogP contribution in [0.25, 0.3) is 0 Å². The van der Waals surface area contributed by atoms with E-state index in [-0.39, 0.29) is 24.9 Å². The number of nitrogens with zero attached hydrogens (tertiary/aromatic N) is 5. The van der Waals surface area contributed by atoms with Crippen LogP contribution in [0.4, 0.5) is 0 Å². The predicted molar refractivity (Wildman–Crippen MR) is 72.8 cm³/mol. The molecule has 0 aliphatic heterocycles. The van der Waals surface area contributed by atoms with Crippen molar-refractivity contribution in [1.82, 2.24) is 29.9 Å². The lowest BCUT2D eigenvalue weighted by Crippen LogP contribution is -2.23. The maximum atomic E-state index is 12.1. The zero-order valence-corrected chi connectivity index (χ0v) is 12.3. The molecule has 0 fully saturated rings. The zero-order chi connectivity index (χ0) is 15.4. The highest BCUT2D eigenvalue weighted by atomic mass is 32.1. The third-order valence-electron chi connectivity index (χ3n) is 2.58. The molecule has 0 aromatic carbocycles. The summed E-state index contributed by atoms with van der Waals surface area (Å²) >= 11 is 1.04. The van der Waals surface area contributed by atoms with E-state index in [0.717, 1.165) is 11.5 Å². The second-order valence-electron chi connectivity index (χ2n) is 4.63. The van der Waals surface area contributed by atoms with Crippen LogP contribution in [0.5, 0.6) is 0 Å². The molecule has 2 N–H and O–H groups in total. The number of nitrogens with one attached hydrogen (secondary N) is 1. The largest absolute Gasteiger partial charge is 0.480 e. The van der Waals surface area contributed by atoms with E-state index < -0.39 is 5.97 Å². The fourth-order valence-electron chi connectivity index (χ4n) is 1.62. The quantitative estimate of drug-likeness (QED) is 0.784. The van der Waals surface area contributed by atoms with Crippen LogP contribution in [0.1, 0.15) is 40.8 Å². The standard InChI is InChI=1S/C11H14N6O3S/c1-6(2)9-10(21-16-14-9)11(20)12-3-7-4-17(15-13-7)5-8(18)19/h4,6H,3,5H2,1-2H3,(H,12,20)(H,18,19). The van der Waals surface area contributed by atoms with E-state index in [1.165, 1.54) is 10.9 Å². The molecule has 0 saturated carbocycles. The summed E-state index contributed by atoms with van der Waals surface area (Å²) in [6.07, 6.45) is 1.47. The number of aliphatic carboxylic acids is 1. The van der Waals surface area contributed by atoms with Gasteiger partial charge in [-0.3, -0.25) is 9.59 Å². The van der Waals surface area contributed by atoms with Crippen LogP contribution in [0.3, 0.4) is 0 Å². The van der Waals surface area contributed by atoms with Gasteiger partial charge in [0.25, 0.3) is 5.91 Å². The minimum atomic E-state index is -1.01. The lowest BCUT2D eigenvalue weighted by molar-refractivity contribution is -0.137. The Morgan fingerprint density at radius 2 is 2.19 bits per heavy atom. The molecule has 2 aromatic heterocycles. The Morgan fingerprint density at radius 3 is 2.86 bits per heavy atom. The van der Waals surface area contributed by atoms with Crippen molar-refractivity contribution in [2.45, 2.75) is 32.9 Å². The lowest BCUT2D eigenvalue weighted by Gasteiger charge is -2.04. The lowest BCUT2D eigenvalue weighted by atomic mass is 10.1. The summed E-state index contributed by atoms with van der Waals surface area (Å²) in [5.74, 6) is -1.17. The smallest absolute Gasteiger partial charge is 0.325 e. The van der Waals surface area contributed by atoms with Gasteiger partial charge in [0.05, 0.1) is 18.4 Å². The average Bonchev–Trinajstić information content (AvgIpc) is 3.03. The Hall–Kier alpha value is -2.36. The van der Waals surface area contributed by atoms with Gasteiger partial charge in [0.1, 0.15) is 17.1 Å². The molecule has 0 saturated heterocycles. The number of amides is 1. The summed E-state index contributed by atoms with van der Waals surface area (Å²) in [6.45, 7) is 3.76. The summed E-state index contributed by atoms with van der Waals surface area (Å²) in [6, 6.07) is 0. The third-order valence-corrected chi connectivity index (χ3v) is 3.32. The van der Waals surface area contributed by atoms with Gasteiger partial charge in [0.15, 0.2) is 0 Å². The molecule has 0 radical (unpaired) electrons. The van der Waals surface area contributed by atoms with Crippen molar-refractivity contribution in [2.75, 3.05) is 0 Å². The van der Waals surface area contributed by atoms with E-state index in [2.05, 4.69) is 25.2 Å². The average molecular weight is 310 g/mol. The summed E-state index contributed by atoms with van der Waals surface area (Å²) in [7, 11) is 0. The monoisotopic (exact) mass is 310 g/mol. The molecule has 2 aromatic rings. The molecule has 0 atom stereocenters. The van der Waals surface area contributed by atoms with Gasteiger partial charge in [0.2, 0.25) is 0 Å². The molecule has 9 nitrogen and oxygen atoms in total. The van der Waals surface area contributed by atoms with E-state index in [4.69, 9.17) is 5.11 Å². The normalized spacial score (nSPS) is 10.8. The van der Waals surface area contributed by atoms with E-state index in [0.29, 0.717) is 16.3 Å². The highest BCUT2D eigenvalue weighted by molar-refractivity contribution is 7.08. The molecule has 21 heavy (non-hydrogen) atoms. The number of rotatable bonds is 6. The number of hydrogen-bond donors (Lipinski definition) is 2. The molecular weight excluding hydrogens is 296 g/mol. The van der Waals surface area contributed by atoms with E-state index >= 15 is 0 Å². The molecule has 112 valence electrons. The Balaban J connectivity index is 1.96. The van der Waals surface area contributed by atoms with Gasteiger partial charge in [-0.1, -0.05) is 23.5 Å². The predicted octanol–water partition coefficient (Wildman–Crippen LogP) is 0.268. The van der Waals surface area contributed by atoms with Gasteiger partial charge in [-0.05, 0) is 17.5 Å². The molecule has 0 aliphatic rings. The second-order valence-corrected chi connectivity index (χ2v) is 5.38. The van der Waals surface area contributed by atoms with Gasteiger partial charge in [-0.25, -0.2) is 4.68 Å². The molecule has 1 amide bonds. The number of aromatic nitrogens is 5. The van der Waals surface area contributed by atoms with Crippen molar-refractivity contribution in [1.29, 1.82) is 0 Å². The first-order valence-corrected chi connectivity index (χ1v) is 6.96. The van der Waals surface area contributed by atoms with Gasteiger partial charge in [0, 0.05) is 0 Å². The van der Waals surface area contributed by atoms with Crippen LogP contribution < -0.4 is 5.32 Å². The highest BCUT2D eigenvalue weighted by Crippen LogP contribution is 2.19. The molecular formula is C11H14N6O3S. The Morgan fingerprint density at radius 1 is 1.43 bits per heavy atom. The van der Waals surface area contributed by atoms with Crippen molar-refractivity contribution in [3.63, 3.8) is 0 Å². The zero-order valence-electron chi connectivity index (χ0n) is 11.5. The van der Waals surface area contributed by atoms with Crippen molar-refractivity contribution >= 4 is 23.4 Å². The maximum Gasteiger partial charge on any atom is 0.325 e. The summed E-state index contributed by atoms with van der Waals surface area (Å²) in [5.41, 5.74) is 1.14. The summed E-state index contributed by atoms with van der Waals surface area (Å²) in [4.78, 5) is 23.1. The van der Waals surface area contributed by atoms with Crippen molar-refractivity contribution < 1.29 is 14.7 Å².